The molecule has 1 aliphatic heterocycles. The lowest BCUT2D eigenvalue weighted by molar-refractivity contribution is 0.0853. The number of para-hydroxylation sites is 1. The van der Waals surface area contributed by atoms with Gasteiger partial charge in [0.15, 0.2) is 0 Å². The Hall–Kier alpha value is -4.25. The summed E-state index contributed by atoms with van der Waals surface area (Å²) in [7, 11) is 1.62. The van der Waals surface area contributed by atoms with Crippen LogP contribution < -0.4 is 15.5 Å². The number of piperazine rings is 1. The molecule has 11 heteroatoms. The molecule has 40 heavy (non-hydrogen) atoms. The summed E-state index contributed by atoms with van der Waals surface area (Å²) in [6, 6.07) is 13.4. The molecular formula is C29H32F2N8O. The number of rotatable bonds is 9. The number of carbonyl (C=O) groups is 1. The van der Waals surface area contributed by atoms with E-state index in [1.807, 2.05) is 36.4 Å². The number of hydrogen-bond acceptors (Lipinski definition) is 8. The van der Waals surface area contributed by atoms with Gasteiger partial charge in [0.05, 0.1) is 23.3 Å². The van der Waals surface area contributed by atoms with Gasteiger partial charge >= 0.3 is 0 Å². The summed E-state index contributed by atoms with van der Waals surface area (Å²) >= 11 is 0. The summed E-state index contributed by atoms with van der Waals surface area (Å²) in [5.41, 5.74) is 4.05. The van der Waals surface area contributed by atoms with Crippen LogP contribution in [0.15, 0.2) is 61.2 Å². The molecule has 4 aromatic rings. The smallest absolute Gasteiger partial charge is 0.251 e. The van der Waals surface area contributed by atoms with Crippen molar-refractivity contribution in [1.82, 2.24) is 30.2 Å². The molecular weight excluding hydrogens is 514 g/mol. The van der Waals surface area contributed by atoms with Crippen molar-refractivity contribution >= 4 is 28.4 Å². The fourth-order valence-corrected chi connectivity index (χ4v) is 4.99. The molecule has 3 aromatic heterocycles. The third kappa shape index (κ3) is 6.15. The zero-order chi connectivity index (χ0) is 28.1. The fourth-order valence-electron chi connectivity index (χ4n) is 4.99. The molecule has 9 nitrogen and oxygen atoms in total. The van der Waals surface area contributed by atoms with E-state index in [4.69, 9.17) is 0 Å². The van der Waals surface area contributed by atoms with E-state index in [0.29, 0.717) is 44.1 Å². The van der Waals surface area contributed by atoms with Crippen LogP contribution in [-0.2, 0) is 0 Å². The number of anilines is 2. The Morgan fingerprint density at radius 3 is 2.58 bits per heavy atom. The Labute approximate surface area is 231 Å². The van der Waals surface area contributed by atoms with Crippen molar-refractivity contribution in [2.75, 3.05) is 56.5 Å². The molecule has 1 aliphatic rings. The van der Waals surface area contributed by atoms with Crippen LogP contribution in [0, 0.1) is 0 Å². The zero-order valence-electron chi connectivity index (χ0n) is 22.5. The van der Waals surface area contributed by atoms with Gasteiger partial charge in [0.2, 0.25) is 0 Å². The summed E-state index contributed by atoms with van der Waals surface area (Å²) in [5.74, 6) is 1.47. The molecule has 4 heterocycles. The minimum atomic E-state index is -2.31. The fraction of sp³-hybridized carbons (Fsp3) is 0.345. The Morgan fingerprint density at radius 2 is 1.85 bits per heavy atom. The maximum atomic E-state index is 12.6. The maximum Gasteiger partial charge on any atom is 0.251 e. The van der Waals surface area contributed by atoms with E-state index < -0.39 is 6.43 Å². The molecule has 1 amide bonds. The molecule has 0 spiro atoms. The van der Waals surface area contributed by atoms with Gasteiger partial charge in [-0.3, -0.25) is 14.7 Å². The molecule has 2 N–H and O–H groups in total. The lowest BCUT2D eigenvalue weighted by Crippen LogP contribution is -2.48. The first kappa shape index (κ1) is 27.3. The lowest BCUT2D eigenvalue weighted by atomic mass is 9.96. The minimum absolute atomic E-state index is 0.0941. The van der Waals surface area contributed by atoms with E-state index in [-0.39, 0.29) is 18.4 Å². The maximum absolute atomic E-state index is 12.6. The SMILES string of the molecule is CNC(=O)c1ccnc2c([C@H](C)CNc3cc(-c4ccc(N5CCN(CC(F)F)CC5)nc4)ncn3)cccc12. The van der Waals surface area contributed by atoms with Crippen molar-refractivity contribution in [3.63, 3.8) is 0 Å². The van der Waals surface area contributed by atoms with E-state index in [0.717, 1.165) is 33.5 Å². The topological polar surface area (TPSA) is 99.2 Å². The number of carbonyl (C=O) groups excluding carboxylic acids is 1. The van der Waals surface area contributed by atoms with Crippen molar-refractivity contribution in [2.24, 2.45) is 0 Å². The summed E-state index contributed by atoms with van der Waals surface area (Å²) in [6.45, 7) is 5.05. The highest BCUT2D eigenvalue weighted by Gasteiger charge is 2.20. The summed E-state index contributed by atoms with van der Waals surface area (Å²) in [6.07, 6.45) is 2.66. The second-order valence-electron chi connectivity index (χ2n) is 9.84. The van der Waals surface area contributed by atoms with Gasteiger partial charge in [-0.15, -0.1) is 0 Å². The normalized spacial score (nSPS) is 14.9. The highest BCUT2D eigenvalue weighted by molar-refractivity contribution is 6.06. The van der Waals surface area contributed by atoms with Crippen molar-refractivity contribution in [3.05, 3.63) is 72.3 Å². The van der Waals surface area contributed by atoms with E-state index in [9.17, 15) is 13.6 Å². The number of pyridine rings is 2. The van der Waals surface area contributed by atoms with E-state index in [1.165, 1.54) is 6.33 Å². The van der Waals surface area contributed by atoms with E-state index in [1.54, 1.807) is 30.4 Å². The lowest BCUT2D eigenvalue weighted by Gasteiger charge is -2.35. The third-order valence-electron chi connectivity index (χ3n) is 7.20. The van der Waals surface area contributed by atoms with Gasteiger partial charge in [0.25, 0.3) is 12.3 Å². The first-order chi connectivity index (χ1) is 19.4. The van der Waals surface area contributed by atoms with E-state index in [2.05, 4.69) is 42.4 Å². The number of nitrogens with zero attached hydrogens (tertiary/aromatic N) is 6. The largest absolute Gasteiger partial charge is 0.369 e. The van der Waals surface area contributed by atoms with Crippen LogP contribution in [0.4, 0.5) is 20.4 Å². The molecule has 0 aliphatic carbocycles. The molecule has 1 atom stereocenters. The molecule has 5 rings (SSSR count). The van der Waals surface area contributed by atoms with Gasteiger partial charge in [-0.05, 0) is 23.8 Å². The Balaban J connectivity index is 1.24. The van der Waals surface area contributed by atoms with Crippen LogP contribution >= 0.6 is 0 Å². The molecule has 0 radical (unpaired) electrons. The second kappa shape index (κ2) is 12.3. The average molecular weight is 547 g/mol. The second-order valence-corrected chi connectivity index (χ2v) is 9.84. The molecule has 1 fully saturated rings. The number of alkyl halides is 2. The number of hydrogen-bond donors (Lipinski definition) is 2. The zero-order valence-corrected chi connectivity index (χ0v) is 22.5. The van der Waals surface area contributed by atoms with Crippen LogP contribution in [0.5, 0.6) is 0 Å². The number of fused-ring (bicyclic) bond motifs is 1. The van der Waals surface area contributed by atoms with Crippen molar-refractivity contribution in [2.45, 2.75) is 19.3 Å². The molecule has 208 valence electrons. The predicted molar refractivity (Wildman–Crippen MR) is 152 cm³/mol. The first-order valence-electron chi connectivity index (χ1n) is 13.3. The van der Waals surface area contributed by atoms with Gasteiger partial charge < -0.3 is 15.5 Å². The summed E-state index contributed by atoms with van der Waals surface area (Å²) in [5, 5.41) is 6.91. The van der Waals surface area contributed by atoms with Crippen LogP contribution in [0.3, 0.4) is 0 Å². The highest BCUT2D eigenvalue weighted by atomic mass is 19.3. The first-order valence-corrected chi connectivity index (χ1v) is 13.3. The number of nitrogens with one attached hydrogen (secondary N) is 2. The summed E-state index contributed by atoms with van der Waals surface area (Å²) in [4.78, 5) is 34.2. The Bertz CT molecular complexity index is 1460. The number of benzene rings is 1. The van der Waals surface area contributed by atoms with Gasteiger partial charge in [-0.25, -0.2) is 23.7 Å². The quantitative estimate of drug-likeness (QED) is 0.325. The number of amides is 1. The third-order valence-corrected chi connectivity index (χ3v) is 7.20. The summed E-state index contributed by atoms with van der Waals surface area (Å²) < 4.78 is 25.3. The van der Waals surface area contributed by atoms with Crippen LogP contribution in [0.2, 0.25) is 0 Å². The van der Waals surface area contributed by atoms with Crippen LogP contribution in [0.1, 0.15) is 28.8 Å². The molecule has 0 saturated carbocycles. The number of halogens is 2. The monoisotopic (exact) mass is 546 g/mol. The Morgan fingerprint density at radius 1 is 1.02 bits per heavy atom. The van der Waals surface area contributed by atoms with Crippen LogP contribution in [0.25, 0.3) is 22.2 Å². The van der Waals surface area contributed by atoms with Gasteiger partial charge in [-0.2, -0.15) is 0 Å². The minimum Gasteiger partial charge on any atom is -0.369 e. The standard InChI is InChI=1S/C29H32F2N8O/c1-19(21-4-3-5-22-23(29(40)32-2)8-9-33-28(21)22)15-34-26-14-24(36-18-37-26)20-6-7-27(35-16-20)39-12-10-38(11-13-39)17-25(30)31/h3-9,14,16,18-19,25H,10-13,15,17H2,1-2H3,(H,32,40)(H,34,36,37)/t19-/m1/s1. The van der Waals surface area contributed by atoms with Crippen molar-refractivity contribution in [3.8, 4) is 11.3 Å². The van der Waals surface area contributed by atoms with Crippen molar-refractivity contribution < 1.29 is 13.6 Å². The van der Waals surface area contributed by atoms with Gasteiger partial charge in [-0.1, -0.05) is 25.1 Å². The highest BCUT2D eigenvalue weighted by Crippen LogP contribution is 2.27. The van der Waals surface area contributed by atoms with Crippen LogP contribution in [-0.4, -0.2) is 83.5 Å². The Kier molecular flexibility index (Phi) is 8.40. The van der Waals surface area contributed by atoms with Gasteiger partial charge in [0.1, 0.15) is 18.0 Å². The average Bonchev–Trinajstić information content (AvgIpc) is 2.99. The predicted octanol–water partition coefficient (Wildman–Crippen LogP) is 4.05. The van der Waals surface area contributed by atoms with Crippen molar-refractivity contribution in [1.29, 1.82) is 0 Å². The molecule has 1 saturated heterocycles. The molecule has 0 bridgehead atoms. The number of aromatic nitrogens is 4. The molecule has 1 aromatic carbocycles. The van der Waals surface area contributed by atoms with E-state index >= 15 is 0 Å². The van der Waals surface area contributed by atoms with Gasteiger partial charge in [0, 0.05) is 75.1 Å². The molecule has 0 unspecified atom stereocenters.